The van der Waals surface area contributed by atoms with Crippen molar-refractivity contribution in [2.75, 3.05) is 11.6 Å². The highest BCUT2D eigenvalue weighted by atomic mass is 19.1. The van der Waals surface area contributed by atoms with Gasteiger partial charge in [0.25, 0.3) is 0 Å². The van der Waals surface area contributed by atoms with Crippen LogP contribution in [-0.2, 0) is 0 Å². The molecule has 2 atom stereocenters. The van der Waals surface area contributed by atoms with Gasteiger partial charge >= 0.3 is 0 Å². The quantitative estimate of drug-likeness (QED) is 0.776. The van der Waals surface area contributed by atoms with Crippen LogP contribution >= 0.6 is 0 Å². The molecule has 4 rings (SSSR count). The lowest BCUT2D eigenvalue weighted by Gasteiger charge is -2.26. The van der Waals surface area contributed by atoms with Crippen molar-refractivity contribution in [2.45, 2.75) is 18.6 Å². The first kappa shape index (κ1) is 16.4. The molecule has 0 saturated carbocycles. The summed E-state index contributed by atoms with van der Waals surface area (Å²) in [4.78, 5) is 16.8. The molecule has 1 aliphatic heterocycles. The Morgan fingerprint density at radius 3 is 2.81 bits per heavy atom. The number of primary amides is 1. The van der Waals surface area contributed by atoms with Crippen molar-refractivity contribution in [3.05, 3.63) is 59.4 Å². The molecule has 0 aliphatic carbocycles. The van der Waals surface area contributed by atoms with Crippen LogP contribution in [0.4, 0.5) is 13.2 Å². The number of aromatic nitrogens is 3. The summed E-state index contributed by atoms with van der Waals surface area (Å²) >= 11 is 0. The SMILES string of the molecule is NC(=O)c1cnc2c(cnn2N2C[C@@H](F)C[C@@H]2c2cc(F)ccc2F)c1. The zero-order chi connectivity index (χ0) is 18.4. The zero-order valence-electron chi connectivity index (χ0n) is 13.4. The molecule has 1 fully saturated rings. The highest BCUT2D eigenvalue weighted by molar-refractivity contribution is 5.95. The van der Waals surface area contributed by atoms with Crippen LogP contribution in [0.2, 0.25) is 0 Å². The maximum atomic E-state index is 14.2. The van der Waals surface area contributed by atoms with Crippen molar-refractivity contribution < 1.29 is 18.0 Å². The first-order chi connectivity index (χ1) is 12.4. The van der Waals surface area contributed by atoms with Crippen LogP contribution in [0.25, 0.3) is 11.0 Å². The topological polar surface area (TPSA) is 77.0 Å². The smallest absolute Gasteiger partial charge is 0.250 e. The van der Waals surface area contributed by atoms with Gasteiger partial charge in [-0.3, -0.25) is 9.80 Å². The monoisotopic (exact) mass is 361 g/mol. The second kappa shape index (κ2) is 6.01. The first-order valence-electron chi connectivity index (χ1n) is 7.93. The van der Waals surface area contributed by atoms with Crippen molar-refractivity contribution in [1.82, 2.24) is 14.9 Å². The molecular formula is C17H14F3N5O. The number of alkyl halides is 1. The van der Waals surface area contributed by atoms with Crippen molar-refractivity contribution in [2.24, 2.45) is 5.73 Å². The van der Waals surface area contributed by atoms with E-state index in [1.165, 1.54) is 28.3 Å². The average Bonchev–Trinajstić information content (AvgIpc) is 3.19. The van der Waals surface area contributed by atoms with Crippen LogP contribution in [0.3, 0.4) is 0 Å². The van der Waals surface area contributed by atoms with Crippen molar-refractivity contribution in [3.8, 4) is 0 Å². The van der Waals surface area contributed by atoms with Crippen molar-refractivity contribution in [3.63, 3.8) is 0 Å². The van der Waals surface area contributed by atoms with Gasteiger partial charge in [0.1, 0.15) is 17.8 Å². The normalized spacial score (nSPS) is 20.0. The Hall–Kier alpha value is -3.10. The van der Waals surface area contributed by atoms with Crippen LogP contribution in [0.5, 0.6) is 0 Å². The molecule has 1 aliphatic rings. The van der Waals surface area contributed by atoms with Gasteiger partial charge in [0.2, 0.25) is 5.91 Å². The van der Waals surface area contributed by atoms with E-state index < -0.39 is 29.8 Å². The van der Waals surface area contributed by atoms with E-state index in [-0.39, 0.29) is 24.1 Å². The summed E-state index contributed by atoms with van der Waals surface area (Å²) in [5.74, 6) is -1.84. The first-order valence-corrected chi connectivity index (χ1v) is 7.93. The van der Waals surface area contributed by atoms with E-state index in [1.54, 1.807) is 0 Å². The predicted octanol–water partition coefficient (Wildman–Crippen LogP) is 2.23. The minimum atomic E-state index is -1.23. The molecule has 2 aromatic heterocycles. The fourth-order valence-corrected chi connectivity index (χ4v) is 3.27. The van der Waals surface area contributed by atoms with Crippen LogP contribution in [0.1, 0.15) is 28.4 Å². The maximum Gasteiger partial charge on any atom is 0.250 e. The number of fused-ring (bicyclic) bond motifs is 1. The second-order valence-corrected chi connectivity index (χ2v) is 6.17. The molecule has 9 heteroatoms. The summed E-state index contributed by atoms with van der Waals surface area (Å²) in [6.45, 7) is -0.0450. The molecular weight excluding hydrogens is 347 g/mol. The van der Waals surface area contributed by atoms with Crippen LogP contribution in [-0.4, -0.2) is 33.5 Å². The fraction of sp³-hybridized carbons (Fsp3) is 0.235. The van der Waals surface area contributed by atoms with E-state index >= 15 is 0 Å². The van der Waals surface area contributed by atoms with Crippen LogP contribution in [0.15, 0.2) is 36.7 Å². The van der Waals surface area contributed by atoms with Gasteiger partial charge in [0, 0.05) is 23.6 Å². The fourth-order valence-electron chi connectivity index (χ4n) is 3.27. The Balaban J connectivity index is 1.79. The number of amides is 1. The molecule has 134 valence electrons. The van der Waals surface area contributed by atoms with E-state index in [1.807, 2.05) is 0 Å². The number of benzene rings is 1. The summed E-state index contributed by atoms with van der Waals surface area (Å²) in [7, 11) is 0. The highest BCUT2D eigenvalue weighted by Crippen LogP contribution is 2.34. The van der Waals surface area contributed by atoms with E-state index in [2.05, 4.69) is 10.1 Å². The van der Waals surface area contributed by atoms with E-state index in [9.17, 15) is 18.0 Å². The third-order valence-corrected chi connectivity index (χ3v) is 4.46. The Morgan fingerprint density at radius 1 is 1.23 bits per heavy atom. The Morgan fingerprint density at radius 2 is 2.04 bits per heavy atom. The zero-order valence-corrected chi connectivity index (χ0v) is 13.4. The van der Waals surface area contributed by atoms with Crippen LogP contribution < -0.4 is 10.7 Å². The van der Waals surface area contributed by atoms with Gasteiger partial charge in [0.15, 0.2) is 5.65 Å². The van der Waals surface area contributed by atoms with E-state index in [4.69, 9.17) is 5.73 Å². The Labute approximate surface area is 146 Å². The summed E-state index contributed by atoms with van der Waals surface area (Å²) in [5, 5.41) is 6.22. The molecule has 2 N–H and O–H groups in total. The van der Waals surface area contributed by atoms with Crippen molar-refractivity contribution in [1.29, 1.82) is 0 Å². The lowest BCUT2D eigenvalue weighted by Crippen LogP contribution is -2.36. The molecule has 0 radical (unpaired) electrons. The molecule has 3 aromatic rings. The van der Waals surface area contributed by atoms with Crippen LogP contribution in [0, 0.1) is 11.6 Å². The molecule has 3 heterocycles. The number of hydrogen-bond donors (Lipinski definition) is 1. The predicted molar refractivity (Wildman–Crippen MR) is 87.7 cm³/mol. The van der Waals surface area contributed by atoms with Gasteiger partial charge in [-0.05, 0) is 24.3 Å². The molecule has 1 amide bonds. The molecule has 0 unspecified atom stereocenters. The number of carbonyl (C=O) groups is 1. The number of hydrogen-bond acceptors (Lipinski definition) is 4. The van der Waals surface area contributed by atoms with Crippen molar-refractivity contribution >= 4 is 16.9 Å². The Kier molecular flexibility index (Phi) is 3.78. The molecule has 26 heavy (non-hydrogen) atoms. The highest BCUT2D eigenvalue weighted by Gasteiger charge is 2.36. The lowest BCUT2D eigenvalue weighted by molar-refractivity contribution is 0.1000. The third-order valence-electron chi connectivity index (χ3n) is 4.46. The van der Waals surface area contributed by atoms with Gasteiger partial charge < -0.3 is 5.73 Å². The Bertz CT molecular complexity index is 1010. The lowest BCUT2D eigenvalue weighted by atomic mass is 10.0. The molecule has 1 aromatic carbocycles. The third kappa shape index (κ3) is 2.65. The van der Waals surface area contributed by atoms with E-state index in [0.29, 0.717) is 11.0 Å². The summed E-state index contributed by atoms with van der Waals surface area (Å²) in [6.07, 6.45) is 1.52. The summed E-state index contributed by atoms with van der Waals surface area (Å²) in [6, 6.07) is 3.89. The number of nitrogens with zero attached hydrogens (tertiary/aromatic N) is 4. The molecule has 6 nitrogen and oxygen atoms in total. The summed E-state index contributed by atoms with van der Waals surface area (Å²) in [5.41, 5.74) is 5.88. The van der Waals surface area contributed by atoms with Gasteiger partial charge in [0.05, 0.1) is 24.3 Å². The van der Waals surface area contributed by atoms with Gasteiger partial charge in [-0.25, -0.2) is 18.2 Å². The maximum absolute atomic E-state index is 14.2. The average molecular weight is 361 g/mol. The molecule has 0 bridgehead atoms. The minimum Gasteiger partial charge on any atom is -0.366 e. The summed E-state index contributed by atoms with van der Waals surface area (Å²) < 4.78 is 41.9. The largest absolute Gasteiger partial charge is 0.366 e. The molecule has 0 spiro atoms. The number of nitrogens with two attached hydrogens (primary N) is 1. The minimum absolute atomic E-state index is 0.00109. The van der Waals surface area contributed by atoms with Gasteiger partial charge in [-0.1, -0.05) is 0 Å². The number of rotatable bonds is 3. The number of carbonyl (C=O) groups excluding carboxylic acids is 1. The number of halogens is 3. The number of pyridine rings is 1. The standard InChI is InChI=1S/C17H14F3N5O/c18-11-1-2-14(20)13(4-11)15-5-12(19)8-24(15)25-17-10(7-23-25)3-9(6-22-17)16(21)26/h1-4,6-7,12,15H,5,8H2,(H2,21,26)/t12-,15+/m0/s1. The second-order valence-electron chi connectivity index (χ2n) is 6.17. The van der Waals surface area contributed by atoms with Gasteiger partial charge in [-0.2, -0.15) is 9.89 Å². The molecule has 1 saturated heterocycles. The van der Waals surface area contributed by atoms with Gasteiger partial charge in [-0.15, -0.1) is 0 Å². The van der Waals surface area contributed by atoms with E-state index in [0.717, 1.165) is 18.2 Å².